The zero-order chi connectivity index (χ0) is 13.7. The molecular weight excluding hydrogens is 242 g/mol. The predicted octanol–water partition coefficient (Wildman–Crippen LogP) is 2.16. The SMILES string of the molecule is COCCn1cc(NCc2cccc(C)c2O)cn1. The molecule has 0 fully saturated rings. The fraction of sp³-hybridized carbons (Fsp3) is 0.357. The highest BCUT2D eigenvalue weighted by atomic mass is 16.5. The van der Waals surface area contributed by atoms with Crippen molar-refractivity contribution in [1.82, 2.24) is 9.78 Å². The number of benzene rings is 1. The Balaban J connectivity index is 1.95. The van der Waals surface area contributed by atoms with Gasteiger partial charge in [0.1, 0.15) is 5.75 Å². The summed E-state index contributed by atoms with van der Waals surface area (Å²) in [6, 6.07) is 5.74. The summed E-state index contributed by atoms with van der Waals surface area (Å²) in [5.41, 5.74) is 2.69. The zero-order valence-corrected chi connectivity index (χ0v) is 11.3. The van der Waals surface area contributed by atoms with Gasteiger partial charge in [-0.1, -0.05) is 18.2 Å². The van der Waals surface area contributed by atoms with Gasteiger partial charge in [-0.3, -0.25) is 4.68 Å². The minimum Gasteiger partial charge on any atom is -0.507 e. The number of hydrogen-bond donors (Lipinski definition) is 2. The maximum atomic E-state index is 9.92. The Hall–Kier alpha value is -2.01. The number of nitrogens with one attached hydrogen (secondary N) is 1. The van der Waals surface area contributed by atoms with E-state index in [1.54, 1.807) is 13.3 Å². The average molecular weight is 261 g/mol. The summed E-state index contributed by atoms with van der Waals surface area (Å²) in [7, 11) is 1.67. The van der Waals surface area contributed by atoms with Crippen LogP contribution in [-0.4, -0.2) is 28.6 Å². The number of para-hydroxylation sites is 1. The van der Waals surface area contributed by atoms with Crippen LogP contribution in [0.4, 0.5) is 5.69 Å². The number of aromatic nitrogens is 2. The van der Waals surface area contributed by atoms with Crippen LogP contribution in [0.2, 0.25) is 0 Å². The molecule has 1 heterocycles. The van der Waals surface area contributed by atoms with Crippen LogP contribution in [0.1, 0.15) is 11.1 Å². The molecule has 1 aromatic carbocycles. The van der Waals surface area contributed by atoms with Gasteiger partial charge in [-0.25, -0.2) is 0 Å². The van der Waals surface area contributed by atoms with Gasteiger partial charge in [-0.2, -0.15) is 5.10 Å². The fourth-order valence-electron chi connectivity index (χ4n) is 1.82. The van der Waals surface area contributed by atoms with Crippen molar-refractivity contribution < 1.29 is 9.84 Å². The molecule has 1 aromatic heterocycles. The van der Waals surface area contributed by atoms with Crippen molar-refractivity contribution in [3.05, 3.63) is 41.7 Å². The summed E-state index contributed by atoms with van der Waals surface area (Å²) in [4.78, 5) is 0. The first-order valence-electron chi connectivity index (χ1n) is 6.23. The Morgan fingerprint density at radius 2 is 2.26 bits per heavy atom. The fourth-order valence-corrected chi connectivity index (χ4v) is 1.82. The second kappa shape index (κ2) is 6.24. The van der Waals surface area contributed by atoms with Crippen LogP contribution in [0, 0.1) is 6.92 Å². The first-order valence-corrected chi connectivity index (χ1v) is 6.23. The van der Waals surface area contributed by atoms with E-state index in [2.05, 4.69) is 10.4 Å². The van der Waals surface area contributed by atoms with Crippen molar-refractivity contribution >= 4 is 5.69 Å². The molecule has 0 aliphatic carbocycles. The van der Waals surface area contributed by atoms with E-state index in [0.717, 1.165) is 23.4 Å². The topological polar surface area (TPSA) is 59.3 Å². The largest absolute Gasteiger partial charge is 0.507 e. The van der Waals surface area contributed by atoms with E-state index in [1.807, 2.05) is 36.0 Å². The van der Waals surface area contributed by atoms with E-state index >= 15 is 0 Å². The number of ether oxygens (including phenoxy) is 1. The highest BCUT2D eigenvalue weighted by Gasteiger charge is 2.04. The van der Waals surface area contributed by atoms with Crippen LogP contribution in [-0.2, 0) is 17.8 Å². The van der Waals surface area contributed by atoms with Gasteiger partial charge in [0.15, 0.2) is 0 Å². The van der Waals surface area contributed by atoms with Gasteiger partial charge in [0.25, 0.3) is 0 Å². The van der Waals surface area contributed by atoms with Crippen LogP contribution < -0.4 is 5.32 Å². The first kappa shape index (κ1) is 13.4. The van der Waals surface area contributed by atoms with Crippen LogP contribution >= 0.6 is 0 Å². The molecule has 19 heavy (non-hydrogen) atoms. The molecule has 0 aliphatic heterocycles. The highest BCUT2D eigenvalue weighted by Crippen LogP contribution is 2.22. The smallest absolute Gasteiger partial charge is 0.123 e. The Labute approximate surface area is 112 Å². The molecule has 0 radical (unpaired) electrons. The maximum Gasteiger partial charge on any atom is 0.123 e. The first-order chi connectivity index (χ1) is 9.20. The third-order valence-corrected chi connectivity index (χ3v) is 2.96. The zero-order valence-electron chi connectivity index (χ0n) is 11.3. The second-order valence-electron chi connectivity index (χ2n) is 4.42. The number of rotatable bonds is 6. The van der Waals surface area contributed by atoms with Crippen molar-refractivity contribution in [2.24, 2.45) is 0 Å². The van der Waals surface area contributed by atoms with Gasteiger partial charge in [-0.05, 0) is 12.5 Å². The van der Waals surface area contributed by atoms with Crippen LogP contribution in [0.15, 0.2) is 30.6 Å². The van der Waals surface area contributed by atoms with Gasteiger partial charge in [0.05, 0.1) is 25.0 Å². The van der Waals surface area contributed by atoms with E-state index < -0.39 is 0 Å². The number of phenolic OH excluding ortho intramolecular Hbond substituents is 1. The van der Waals surface area contributed by atoms with E-state index in [9.17, 15) is 5.11 Å². The molecule has 0 spiro atoms. The van der Waals surface area contributed by atoms with Gasteiger partial charge >= 0.3 is 0 Å². The molecular formula is C14H19N3O2. The second-order valence-corrected chi connectivity index (χ2v) is 4.42. The molecule has 0 amide bonds. The van der Waals surface area contributed by atoms with Crippen LogP contribution in [0.5, 0.6) is 5.75 Å². The summed E-state index contributed by atoms with van der Waals surface area (Å²) in [6.45, 7) is 3.83. The summed E-state index contributed by atoms with van der Waals surface area (Å²) in [6.07, 6.45) is 3.69. The predicted molar refractivity (Wildman–Crippen MR) is 74.3 cm³/mol. The Morgan fingerprint density at radius 3 is 3.05 bits per heavy atom. The number of aromatic hydroxyl groups is 1. The van der Waals surface area contributed by atoms with Crippen LogP contribution in [0.25, 0.3) is 0 Å². The molecule has 2 rings (SSSR count). The monoisotopic (exact) mass is 261 g/mol. The van der Waals surface area contributed by atoms with Gasteiger partial charge in [0, 0.05) is 25.4 Å². The summed E-state index contributed by atoms with van der Waals surface area (Å²) >= 11 is 0. The molecule has 0 atom stereocenters. The lowest BCUT2D eigenvalue weighted by atomic mass is 10.1. The molecule has 2 N–H and O–H groups in total. The third kappa shape index (κ3) is 3.48. The minimum absolute atomic E-state index is 0.349. The molecule has 0 unspecified atom stereocenters. The van der Waals surface area contributed by atoms with E-state index in [-0.39, 0.29) is 0 Å². The molecule has 0 bridgehead atoms. The molecule has 0 aliphatic rings. The van der Waals surface area contributed by atoms with Gasteiger partial charge < -0.3 is 15.2 Å². The van der Waals surface area contributed by atoms with Crippen molar-refractivity contribution in [3.63, 3.8) is 0 Å². The van der Waals surface area contributed by atoms with E-state index in [0.29, 0.717) is 18.9 Å². The average Bonchev–Trinajstić information content (AvgIpc) is 2.86. The number of phenols is 1. The number of nitrogens with zero attached hydrogens (tertiary/aromatic N) is 2. The molecule has 5 nitrogen and oxygen atoms in total. The van der Waals surface area contributed by atoms with Crippen LogP contribution in [0.3, 0.4) is 0 Å². The summed E-state index contributed by atoms with van der Waals surface area (Å²) in [5, 5.41) is 17.4. The number of aryl methyl sites for hydroxylation is 1. The van der Waals surface area contributed by atoms with Crippen molar-refractivity contribution in [3.8, 4) is 5.75 Å². The lowest BCUT2D eigenvalue weighted by molar-refractivity contribution is 0.183. The number of methoxy groups -OCH3 is 1. The van der Waals surface area contributed by atoms with Crippen molar-refractivity contribution in [2.45, 2.75) is 20.0 Å². The minimum atomic E-state index is 0.349. The van der Waals surface area contributed by atoms with E-state index in [4.69, 9.17) is 4.74 Å². The maximum absolute atomic E-state index is 9.92. The Morgan fingerprint density at radius 1 is 1.42 bits per heavy atom. The lowest BCUT2D eigenvalue weighted by Crippen LogP contribution is -2.04. The Kier molecular flexibility index (Phi) is 4.41. The molecule has 2 aromatic rings. The summed E-state index contributed by atoms with van der Waals surface area (Å²) in [5.74, 6) is 0.349. The normalized spacial score (nSPS) is 10.6. The van der Waals surface area contributed by atoms with E-state index in [1.165, 1.54) is 0 Å². The Bertz CT molecular complexity index is 537. The third-order valence-electron chi connectivity index (χ3n) is 2.96. The molecule has 5 heteroatoms. The quantitative estimate of drug-likeness (QED) is 0.836. The molecule has 0 saturated heterocycles. The summed E-state index contributed by atoms with van der Waals surface area (Å²) < 4.78 is 6.82. The lowest BCUT2D eigenvalue weighted by Gasteiger charge is -2.08. The number of anilines is 1. The van der Waals surface area contributed by atoms with Gasteiger partial charge in [-0.15, -0.1) is 0 Å². The molecule has 0 saturated carbocycles. The van der Waals surface area contributed by atoms with Crippen molar-refractivity contribution in [1.29, 1.82) is 0 Å². The van der Waals surface area contributed by atoms with Gasteiger partial charge in [0.2, 0.25) is 0 Å². The number of hydrogen-bond acceptors (Lipinski definition) is 4. The highest BCUT2D eigenvalue weighted by molar-refractivity contribution is 5.44. The van der Waals surface area contributed by atoms with Crippen molar-refractivity contribution in [2.75, 3.05) is 19.0 Å². The standard InChI is InChI=1S/C14H19N3O2/c1-11-4-3-5-12(14(11)18)8-15-13-9-16-17(10-13)6-7-19-2/h3-5,9-10,15,18H,6-8H2,1-2H3. The molecule has 102 valence electrons.